The van der Waals surface area contributed by atoms with Crippen LogP contribution in [0.25, 0.3) is 0 Å². The fraction of sp³-hybridized carbons (Fsp3) is 1.00. The van der Waals surface area contributed by atoms with Crippen molar-refractivity contribution in [3.05, 3.63) is 0 Å². The lowest BCUT2D eigenvalue weighted by Crippen LogP contribution is -2.40. The molecule has 0 aliphatic heterocycles. The Morgan fingerprint density at radius 1 is 1.19 bits per heavy atom. The highest BCUT2D eigenvalue weighted by Gasteiger charge is 2.22. The molecule has 16 heavy (non-hydrogen) atoms. The van der Waals surface area contributed by atoms with Crippen LogP contribution in [0.2, 0.25) is 0 Å². The highest BCUT2D eigenvalue weighted by molar-refractivity contribution is 4.77. The number of hydrogen-bond acceptors (Lipinski definition) is 2. The number of nitrogens with one attached hydrogen (secondary N) is 1. The van der Waals surface area contributed by atoms with Crippen molar-refractivity contribution in [3.8, 4) is 0 Å². The Labute approximate surface area is 102 Å². The van der Waals surface area contributed by atoms with E-state index in [2.05, 4.69) is 39.9 Å². The van der Waals surface area contributed by atoms with Gasteiger partial charge in [-0.25, -0.2) is 0 Å². The van der Waals surface area contributed by atoms with Crippen LogP contribution in [0.15, 0.2) is 0 Å². The van der Waals surface area contributed by atoms with Crippen molar-refractivity contribution in [2.45, 2.75) is 66.3 Å². The van der Waals surface area contributed by atoms with Crippen molar-refractivity contribution in [3.63, 3.8) is 0 Å². The average molecular weight is 229 g/mol. The van der Waals surface area contributed by atoms with Gasteiger partial charge in [0.2, 0.25) is 0 Å². The standard InChI is InChI=1S/C14H31NO/c1-6-12(4)9-13(7-2)15-10-14(5,8-3)11-16/h12-13,15-16H,6-11H2,1-5H3. The molecular weight excluding hydrogens is 198 g/mol. The van der Waals surface area contributed by atoms with Gasteiger partial charge in [0.15, 0.2) is 0 Å². The van der Waals surface area contributed by atoms with Crippen molar-refractivity contribution in [1.82, 2.24) is 5.32 Å². The van der Waals surface area contributed by atoms with Crippen molar-refractivity contribution in [2.24, 2.45) is 11.3 Å². The quantitative estimate of drug-likeness (QED) is 0.636. The summed E-state index contributed by atoms with van der Waals surface area (Å²) in [6.07, 6.45) is 4.70. The lowest BCUT2D eigenvalue weighted by molar-refractivity contribution is 0.130. The van der Waals surface area contributed by atoms with Crippen LogP contribution in [0.5, 0.6) is 0 Å². The summed E-state index contributed by atoms with van der Waals surface area (Å²) in [6.45, 7) is 12.3. The molecule has 2 nitrogen and oxygen atoms in total. The van der Waals surface area contributed by atoms with Gasteiger partial charge in [-0.2, -0.15) is 0 Å². The predicted molar refractivity (Wildman–Crippen MR) is 71.6 cm³/mol. The van der Waals surface area contributed by atoms with Crippen molar-refractivity contribution < 1.29 is 5.11 Å². The molecule has 0 aromatic heterocycles. The molecule has 0 spiro atoms. The van der Waals surface area contributed by atoms with Crippen LogP contribution < -0.4 is 5.32 Å². The van der Waals surface area contributed by atoms with Gasteiger partial charge in [-0.15, -0.1) is 0 Å². The van der Waals surface area contributed by atoms with Gasteiger partial charge < -0.3 is 10.4 Å². The third-order valence-corrected chi connectivity index (χ3v) is 3.93. The SMILES string of the molecule is CCC(C)CC(CC)NCC(C)(CC)CO. The van der Waals surface area contributed by atoms with Crippen molar-refractivity contribution in [1.29, 1.82) is 0 Å². The summed E-state index contributed by atoms with van der Waals surface area (Å²) in [5.41, 5.74) is 0.0445. The van der Waals surface area contributed by atoms with Crippen LogP contribution in [0, 0.1) is 11.3 Å². The molecule has 0 fully saturated rings. The zero-order chi connectivity index (χ0) is 12.6. The van der Waals surface area contributed by atoms with E-state index in [9.17, 15) is 5.11 Å². The van der Waals surface area contributed by atoms with Gasteiger partial charge in [0, 0.05) is 24.6 Å². The van der Waals surface area contributed by atoms with Crippen LogP contribution in [-0.2, 0) is 0 Å². The van der Waals surface area contributed by atoms with Gasteiger partial charge in [0.05, 0.1) is 0 Å². The number of rotatable bonds is 9. The van der Waals surface area contributed by atoms with Gasteiger partial charge in [-0.05, 0) is 25.2 Å². The summed E-state index contributed by atoms with van der Waals surface area (Å²) in [7, 11) is 0. The van der Waals surface area contributed by atoms with Gasteiger partial charge in [0.25, 0.3) is 0 Å². The smallest absolute Gasteiger partial charge is 0.0496 e. The fourth-order valence-electron chi connectivity index (χ4n) is 1.73. The van der Waals surface area contributed by atoms with E-state index in [1.54, 1.807) is 0 Å². The zero-order valence-corrected chi connectivity index (χ0v) is 11.8. The number of hydrogen-bond donors (Lipinski definition) is 2. The predicted octanol–water partition coefficient (Wildman–Crippen LogP) is 3.20. The molecule has 98 valence electrons. The lowest BCUT2D eigenvalue weighted by atomic mass is 9.87. The van der Waals surface area contributed by atoms with Crippen LogP contribution in [0.1, 0.15) is 60.3 Å². The summed E-state index contributed by atoms with van der Waals surface area (Å²) in [5.74, 6) is 0.791. The molecule has 2 heteroatoms. The third kappa shape index (κ3) is 5.86. The zero-order valence-electron chi connectivity index (χ0n) is 11.8. The van der Waals surface area contributed by atoms with Gasteiger partial charge in [-0.1, -0.05) is 41.0 Å². The molecule has 0 aliphatic rings. The Morgan fingerprint density at radius 3 is 2.19 bits per heavy atom. The summed E-state index contributed by atoms with van der Waals surface area (Å²) >= 11 is 0. The molecule has 0 bridgehead atoms. The van der Waals surface area contributed by atoms with E-state index in [1.165, 1.54) is 19.3 Å². The molecular formula is C14H31NO. The topological polar surface area (TPSA) is 32.3 Å². The molecule has 0 heterocycles. The molecule has 3 atom stereocenters. The third-order valence-electron chi connectivity index (χ3n) is 3.93. The van der Waals surface area contributed by atoms with Gasteiger partial charge >= 0.3 is 0 Å². The maximum Gasteiger partial charge on any atom is 0.0496 e. The second kappa shape index (κ2) is 8.08. The maximum atomic E-state index is 9.36. The molecule has 0 radical (unpaired) electrons. The second-order valence-electron chi connectivity index (χ2n) is 5.56. The largest absolute Gasteiger partial charge is 0.396 e. The van der Waals surface area contributed by atoms with E-state index < -0.39 is 0 Å². The molecule has 0 amide bonds. The van der Waals surface area contributed by atoms with Crippen LogP contribution >= 0.6 is 0 Å². The Bertz CT molecular complexity index is 166. The van der Waals surface area contributed by atoms with Crippen molar-refractivity contribution in [2.75, 3.05) is 13.2 Å². The first kappa shape index (κ1) is 15.9. The number of aliphatic hydroxyl groups is 1. The van der Waals surface area contributed by atoms with Gasteiger partial charge in [-0.3, -0.25) is 0 Å². The first-order valence-corrected chi connectivity index (χ1v) is 6.85. The molecule has 0 rings (SSSR count). The Hall–Kier alpha value is -0.0800. The van der Waals surface area contributed by atoms with E-state index in [-0.39, 0.29) is 12.0 Å². The summed E-state index contributed by atoms with van der Waals surface area (Å²) in [6, 6.07) is 0.604. The highest BCUT2D eigenvalue weighted by Crippen LogP contribution is 2.20. The molecule has 0 aromatic rings. The number of aliphatic hydroxyl groups excluding tert-OH is 1. The van der Waals surface area contributed by atoms with E-state index in [1.807, 2.05) is 0 Å². The van der Waals surface area contributed by atoms with E-state index >= 15 is 0 Å². The first-order chi connectivity index (χ1) is 7.51. The summed E-state index contributed by atoms with van der Waals surface area (Å²) < 4.78 is 0. The molecule has 0 saturated carbocycles. The normalized spacial score (nSPS) is 19.1. The fourth-order valence-corrected chi connectivity index (χ4v) is 1.73. The molecule has 0 aliphatic carbocycles. The minimum atomic E-state index is 0.0445. The average Bonchev–Trinajstić information content (AvgIpc) is 2.33. The van der Waals surface area contributed by atoms with E-state index in [0.717, 1.165) is 18.9 Å². The minimum absolute atomic E-state index is 0.0445. The maximum absolute atomic E-state index is 9.36. The second-order valence-corrected chi connectivity index (χ2v) is 5.56. The Kier molecular flexibility index (Phi) is 8.04. The van der Waals surface area contributed by atoms with Crippen LogP contribution in [-0.4, -0.2) is 24.3 Å². The van der Waals surface area contributed by atoms with E-state index in [4.69, 9.17) is 0 Å². The molecule has 0 saturated heterocycles. The van der Waals surface area contributed by atoms with Crippen LogP contribution in [0.4, 0.5) is 0 Å². The summed E-state index contributed by atoms with van der Waals surface area (Å²) in [5, 5.41) is 13.0. The molecule has 0 aromatic carbocycles. The Morgan fingerprint density at radius 2 is 1.81 bits per heavy atom. The minimum Gasteiger partial charge on any atom is -0.396 e. The van der Waals surface area contributed by atoms with Crippen LogP contribution in [0.3, 0.4) is 0 Å². The van der Waals surface area contributed by atoms with E-state index in [0.29, 0.717) is 6.04 Å². The van der Waals surface area contributed by atoms with Gasteiger partial charge in [0.1, 0.15) is 0 Å². The highest BCUT2D eigenvalue weighted by atomic mass is 16.3. The lowest BCUT2D eigenvalue weighted by Gasteiger charge is -2.29. The first-order valence-electron chi connectivity index (χ1n) is 6.85. The Balaban J connectivity index is 4.03. The molecule has 2 N–H and O–H groups in total. The molecule has 3 unspecified atom stereocenters. The van der Waals surface area contributed by atoms with Crippen molar-refractivity contribution >= 4 is 0 Å². The summed E-state index contributed by atoms with van der Waals surface area (Å²) in [4.78, 5) is 0. The monoisotopic (exact) mass is 229 g/mol.